The van der Waals surface area contributed by atoms with E-state index in [4.69, 9.17) is 37.0 Å². The van der Waals surface area contributed by atoms with Crippen molar-refractivity contribution in [3.8, 4) is 0 Å². The number of carbonyl (C=O) groups is 4. The molecule has 0 bridgehead atoms. The highest BCUT2D eigenvalue weighted by Crippen LogP contribution is 2.45. The summed E-state index contributed by atoms with van der Waals surface area (Å²) in [5.74, 6) is -2.23. The van der Waals surface area contributed by atoms with Crippen LogP contribution in [0.25, 0.3) is 0 Å². The molecule has 0 aromatic heterocycles. The van der Waals surface area contributed by atoms with Gasteiger partial charge in [0, 0.05) is 25.7 Å². The number of allylic oxidation sites excluding steroid dienone is 26. The number of rotatable bonds is 79. The molecule has 0 aromatic carbocycles. The second-order valence-electron chi connectivity index (χ2n) is 28.0. The van der Waals surface area contributed by atoms with Gasteiger partial charge in [-0.1, -0.05) is 301 Å². The van der Waals surface area contributed by atoms with Crippen molar-refractivity contribution >= 4 is 39.5 Å². The maximum atomic E-state index is 13.2. The summed E-state index contributed by atoms with van der Waals surface area (Å²) in [5, 5.41) is 10.7. The second-order valence-corrected chi connectivity index (χ2v) is 30.9. The fourth-order valence-corrected chi connectivity index (χ4v) is 12.7. The van der Waals surface area contributed by atoms with E-state index in [0.717, 1.165) is 238 Å². The summed E-state index contributed by atoms with van der Waals surface area (Å²) in [4.78, 5) is 73.3. The maximum Gasteiger partial charge on any atom is 0.472 e. The number of phosphoric ester groups is 2. The number of aliphatic hydroxyl groups excluding tert-OH is 1. The maximum absolute atomic E-state index is 13.2. The Morgan fingerprint density at radius 1 is 0.264 bits per heavy atom. The van der Waals surface area contributed by atoms with Crippen LogP contribution in [0.3, 0.4) is 0 Å². The highest BCUT2D eigenvalue weighted by Gasteiger charge is 2.30. The van der Waals surface area contributed by atoms with E-state index < -0.39 is 97.5 Å². The molecule has 110 heavy (non-hydrogen) atoms. The van der Waals surface area contributed by atoms with E-state index in [2.05, 4.69) is 186 Å². The second kappa shape index (κ2) is 81.7. The van der Waals surface area contributed by atoms with Crippen molar-refractivity contribution in [1.29, 1.82) is 0 Å². The first-order chi connectivity index (χ1) is 53.7. The van der Waals surface area contributed by atoms with E-state index in [1.807, 2.05) is 0 Å². The molecule has 5 atom stereocenters. The summed E-state index contributed by atoms with van der Waals surface area (Å²) < 4.78 is 68.8. The van der Waals surface area contributed by atoms with Gasteiger partial charge in [0.25, 0.3) is 0 Å². The zero-order valence-electron chi connectivity index (χ0n) is 68.9. The molecular weight excluding hydrogens is 1430 g/mol. The number of unbranched alkanes of at least 4 members (excludes halogenated alkanes) is 27. The van der Waals surface area contributed by atoms with Crippen molar-refractivity contribution in [2.45, 2.75) is 354 Å². The minimum absolute atomic E-state index is 0.0687. The van der Waals surface area contributed by atoms with Crippen LogP contribution in [0.2, 0.25) is 0 Å². The number of aliphatic hydroxyl groups is 1. The van der Waals surface area contributed by atoms with Gasteiger partial charge >= 0.3 is 39.5 Å². The number of carbonyl (C=O) groups excluding carboxylic acids is 4. The summed E-state index contributed by atoms with van der Waals surface area (Å²) in [6.07, 6.45) is 96.2. The predicted molar refractivity (Wildman–Crippen MR) is 454 cm³/mol. The van der Waals surface area contributed by atoms with Crippen molar-refractivity contribution in [3.63, 3.8) is 0 Å². The minimum atomic E-state index is -5.00. The molecular formula is C91H152O17P2. The average molecular weight is 1580 g/mol. The largest absolute Gasteiger partial charge is 0.472 e. The normalized spacial score (nSPS) is 14.6. The van der Waals surface area contributed by atoms with Gasteiger partial charge in [0.15, 0.2) is 12.2 Å². The molecule has 5 unspecified atom stereocenters. The van der Waals surface area contributed by atoms with Crippen LogP contribution in [0.1, 0.15) is 336 Å². The third-order valence-corrected chi connectivity index (χ3v) is 19.4. The van der Waals surface area contributed by atoms with E-state index in [-0.39, 0.29) is 25.7 Å². The first-order valence-electron chi connectivity index (χ1n) is 42.7. The Hall–Kier alpha value is -5.32. The van der Waals surface area contributed by atoms with E-state index in [1.54, 1.807) is 0 Å². The van der Waals surface area contributed by atoms with Crippen LogP contribution in [0.4, 0.5) is 0 Å². The van der Waals surface area contributed by atoms with E-state index >= 15 is 0 Å². The molecule has 0 fully saturated rings. The molecule has 0 rings (SSSR count). The van der Waals surface area contributed by atoms with Crippen LogP contribution in [0.15, 0.2) is 158 Å². The highest BCUT2D eigenvalue weighted by molar-refractivity contribution is 7.47. The molecule has 628 valence electrons. The van der Waals surface area contributed by atoms with Gasteiger partial charge in [0.1, 0.15) is 19.3 Å². The fraction of sp³-hybridized carbons (Fsp3) is 0.670. The SMILES string of the molecule is CC/C=C\C/C=C\C/C=C\C/C=C\CCCCCCCCC(=O)OCC(COP(=O)(O)OCC(O)COP(=O)(O)OCC(COC(=O)CCCCCCCCC/C=C\C/C=C\C/C=C\CC)OC(=O)CCCCCCC/C=C\C/C=C\C/C=C\CC)OC(=O)CCCCCCCC/C=C\C/C=C\C/C=C\CCCCC. The van der Waals surface area contributed by atoms with Crippen LogP contribution in [-0.4, -0.2) is 96.7 Å². The van der Waals surface area contributed by atoms with Gasteiger partial charge < -0.3 is 33.8 Å². The lowest BCUT2D eigenvalue weighted by Gasteiger charge is -2.21. The number of hydrogen-bond donors (Lipinski definition) is 3. The minimum Gasteiger partial charge on any atom is -0.462 e. The van der Waals surface area contributed by atoms with E-state index in [9.17, 15) is 43.2 Å². The zero-order chi connectivity index (χ0) is 80.3. The first-order valence-corrected chi connectivity index (χ1v) is 45.7. The zero-order valence-corrected chi connectivity index (χ0v) is 70.7. The Morgan fingerprint density at radius 3 is 0.727 bits per heavy atom. The molecule has 0 saturated carbocycles. The molecule has 0 aliphatic heterocycles. The van der Waals surface area contributed by atoms with Crippen LogP contribution >= 0.6 is 15.6 Å². The monoisotopic (exact) mass is 1580 g/mol. The number of phosphoric acid groups is 2. The van der Waals surface area contributed by atoms with Gasteiger partial charge in [-0.3, -0.25) is 37.3 Å². The number of hydrogen-bond acceptors (Lipinski definition) is 15. The third-order valence-electron chi connectivity index (χ3n) is 17.5. The Labute approximate surface area is 668 Å². The van der Waals surface area contributed by atoms with Gasteiger partial charge in [0.2, 0.25) is 0 Å². The molecule has 19 heteroatoms. The van der Waals surface area contributed by atoms with Crippen molar-refractivity contribution in [1.82, 2.24) is 0 Å². The summed E-state index contributed by atoms with van der Waals surface area (Å²) in [6, 6.07) is 0. The van der Waals surface area contributed by atoms with Crippen molar-refractivity contribution in [2.24, 2.45) is 0 Å². The van der Waals surface area contributed by atoms with Crippen LogP contribution in [0.5, 0.6) is 0 Å². The van der Waals surface area contributed by atoms with Crippen LogP contribution in [0, 0.1) is 0 Å². The summed E-state index contributed by atoms with van der Waals surface area (Å²) in [6.45, 7) is 4.48. The molecule has 0 heterocycles. The quantitative estimate of drug-likeness (QED) is 0.0169. The number of esters is 4. The van der Waals surface area contributed by atoms with Crippen LogP contribution in [-0.2, 0) is 65.4 Å². The van der Waals surface area contributed by atoms with Crippen molar-refractivity contribution in [3.05, 3.63) is 158 Å². The number of ether oxygens (including phenoxy) is 4. The Morgan fingerprint density at radius 2 is 0.473 bits per heavy atom. The molecule has 3 N–H and O–H groups in total. The predicted octanol–water partition coefficient (Wildman–Crippen LogP) is 25.6. The lowest BCUT2D eigenvalue weighted by molar-refractivity contribution is -0.161. The Balaban J connectivity index is 5.43. The third kappa shape index (κ3) is 80.7. The van der Waals surface area contributed by atoms with Gasteiger partial charge in [-0.15, -0.1) is 0 Å². The molecule has 0 spiro atoms. The van der Waals surface area contributed by atoms with Gasteiger partial charge in [0.05, 0.1) is 26.4 Å². The average Bonchev–Trinajstić information content (AvgIpc) is 0.900. The summed E-state index contributed by atoms with van der Waals surface area (Å²) in [5.41, 5.74) is 0. The Bertz CT molecular complexity index is 2700. The first kappa shape index (κ1) is 105. The van der Waals surface area contributed by atoms with Crippen molar-refractivity contribution in [2.75, 3.05) is 39.6 Å². The molecule has 0 amide bonds. The van der Waals surface area contributed by atoms with Gasteiger partial charge in [-0.25, -0.2) is 9.13 Å². The Kier molecular flexibility index (Phi) is 77.7. The fourth-order valence-electron chi connectivity index (χ4n) is 11.1. The standard InChI is InChI=1S/C91H152O17P2/c1-5-9-13-17-21-25-29-33-37-40-42-45-49-52-56-60-64-68-72-76-89(94)102-82-87(108-91(96)78-74-70-66-62-58-54-50-46-43-41-38-34-30-26-22-18-14-10-6-2)84-106-110(99,100)104-80-85(92)79-103-109(97,98)105-83-86(107-90(95)77-73-69-65-61-57-53-47-36-32-28-24-20-16-12-8-4)81-101-88(93)75-71-67-63-59-55-51-48-44-39-35-31-27-23-19-15-11-7-3/h9,11-13,15-16,21-28,33-39,42-43,45-47,85-87,92H,5-8,10,14,17-20,29-32,40-41,44,48-84H2,1-4H3,(H,97,98)(H,99,100)/b13-9-,15-11-,16-12-,25-21-,26-22-,27-23-,28-24-,37-33-,38-34-,39-35-,45-42-,46-43-,47-36-. The van der Waals surface area contributed by atoms with Crippen LogP contribution < -0.4 is 0 Å². The summed E-state index contributed by atoms with van der Waals surface area (Å²) in [7, 11) is -9.99. The lowest BCUT2D eigenvalue weighted by atomic mass is 10.1. The molecule has 0 radical (unpaired) electrons. The van der Waals surface area contributed by atoms with Gasteiger partial charge in [-0.05, 0) is 167 Å². The topological polar surface area (TPSA) is 237 Å². The highest BCUT2D eigenvalue weighted by atomic mass is 31.2. The van der Waals surface area contributed by atoms with Crippen molar-refractivity contribution < 1.29 is 80.2 Å². The van der Waals surface area contributed by atoms with E-state index in [0.29, 0.717) is 25.7 Å². The molecule has 0 aliphatic carbocycles. The summed E-state index contributed by atoms with van der Waals surface area (Å²) >= 11 is 0. The molecule has 0 aromatic rings. The molecule has 0 aliphatic rings. The van der Waals surface area contributed by atoms with E-state index in [1.165, 1.54) is 19.3 Å². The molecule has 17 nitrogen and oxygen atoms in total. The van der Waals surface area contributed by atoms with Gasteiger partial charge in [-0.2, -0.15) is 0 Å². The lowest BCUT2D eigenvalue weighted by Crippen LogP contribution is -2.30. The molecule has 0 saturated heterocycles. The smallest absolute Gasteiger partial charge is 0.462 e.